The molecule has 2 rings (SSSR count). The molecule has 0 aromatic carbocycles. The highest BCUT2D eigenvalue weighted by Gasteiger charge is 2.38. The van der Waals surface area contributed by atoms with Gasteiger partial charge >= 0.3 is 6.01 Å². The maximum Gasteiger partial charge on any atom is 0.318 e. The lowest BCUT2D eigenvalue weighted by Gasteiger charge is -2.21. The third-order valence-electron chi connectivity index (χ3n) is 3.22. The first kappa shape index (κ1) is 12.1. The fraction of sp³-hybridized carbons (Fsp3) is 0.667. The van der Waals surface area contributed by atoms with Crippen LogP contribution in [-0.4, -0.2) is 41.4 Å². The van der Waals surface area contributed by atoms with Crippen LogP contribution in [0.5, 0.6) is 6.01 Å². The van der Waals surface area contributed by atoms with E-state index in [1.807, 2.05) is 13.0 Å². The van der Waals surface area contributed by atoms with Crippen molar-refractivity contribution in [3.05, 3.63) is 11.8 Å². The fourth-order valence-electron chi connectivity index (χ4n) is 2.07. The summed E-state index contributed by atoms with van der Waals surface area (Å²) in [6.45, 7) is 7.41. The second-order valence-electron chi connectivity index (χ2n) is 5.24. The molecule has 2 heterocycles. The number of hydrogen-bond donors (Lipinski definition) is 1. The lowest BCUT2D eigenvalue weighted by Crippen LogP contribution is -2.26. The molecule has 1 fully saturated rings. The van der Waals surface area contributed by atoms with Gasteiger partial charge in [0.1, 0.15) is 5.82 Å². The molecule has 0 radical (unpaired) electrons. The summed E-state index contributed by atoms with van der Waals surface area (Å²) in [7, 11) is 1.56. The molecule has 5 nitrogen and oxygen atoms in total. The summed E-state index contributed by atoms with van der Waals surface area (Å²) >= 11 is 0. The molecule has 0 aliphatic carbocycles. The summed E-state index contributed by atoms with van der Waals surface area (Å²) < 4.78 is 5.06. The summed E-state index contributed by atoms with van der Waals surface area (Å²) in [6, 6.07) is 2.29. The van der Waals surface area contributed by atoms with Crippen LogP contribution in [0, 0.1) is 12.3 Å². The SMILES string of the molecule is COc1nc(C)cc(N2CC(O)C(C)(C)C2)n1. The van der Waals surface area contributed by atoms with Gasteiger partial charge < -0.3 is 14.7 Å². The van der Waals surface area contributed by atoms with Crippen molar-refractivity contribution in [1.82, 2.24) is 9.97 Å². The van der Waals surface area contributed by atoms with E-state index in [1.165, 1.54) is 0 Å². The van der Waals surface area contributed by atoms with Gasteiger partial charge in [0, 0.05) is 30.3 Å². The number of rotatable bonds is 2. The van der Waals surface area contributed by atoms with E-state index in [9.17, 15) is 5.11 Å². The molecule has 17 heavy (non-hydrogen) atoms. The molecule has 0 saturated carbocycles. The van der Waals surface area contributed by atoms with Crippen LogP contribution in [0.15, 0.2) is 6.07 Å². The zero-order chi connectivity index (χ0) is 12.6. The number of aliphatic hydroxyl groups is 1. The smallest absolute Gasteiger partial charge is 0.318 e. The largest absolute Gasteiger partial charge is 0.467 e. The molecule has 1 atom stereocenters. The summed E-state index contributed by atoms with van der Waals surface area (Å²) in [5.41, 5.74) is 0.762. The van der Waals surface area contributed by atoms with Crippen LogP contribution in [0.1, 0.15) is 19.5 Å². The van der Waals surface area contributed by atoms with Gasteiger partial charge in [-0.15, -0.1) is 0 Å². The minimum atomic E-state index is -0.330. The average molecular weight is 237 g/mol. The number of nitrogens with zero attached hydrogens (tertiary/aromatic N) is 3. The Kier molecular flexibility index (Phi) is 2.95. The Morgan fingerprint density at radius 3 is 2.71 bits per heavy atom. The second-order valence-corrected chi connectivity index (χ2v) is 5.24. The van der Waals surface area contributed by atoms with Crippen molar-refractivity contribution < 1.29 is 9.84 Å². The molecule has 1 unspecified atom stereocenters. The highest BCUT2D eigenvalue weighted by Crippen LogP contribution is 2.32. The predicted octanol–water partition coefficient (Wildman–Crippen LogP) is 1.00. The van der Waals surface area contributed by atoms with Crippen molar-refractivity contribution in [1.29, 1.82) is 0 Å². The van der Waals surface area contributed by atoms with E-state index in [4.69, 9.17) is 4.74 Å². The number of β-amino-alcohol motifs (C(OH)–C–C–N with tert-alkyl or cyclic N) is 1. The van der Waals surface area contributed by atoms with Crippen molar-refractivity contribution in [2.45, 2.75) is 26.9 Å². The van der Waals surface area contributed by atoms with Gasteiger partial charge in [0.25, 0.3) is 0 Å². The molecule has 0 amide bonds. The maximum atomic E-state index is 9.97. The standard InChI is InChI=1S/C12H19N3O2/c1-8-5-10(14-11(13-8)17-4)15-6-9(16)12(2,3)7-15/h5,9,16H,6-7H2,1-4H3. The molecule has 94 valence electrons. The highest BCUT2D eigenvalue weighted by molar-refractivity contribution is 5.43. The number of aryl methyl sites for hydroxylation is 1. The molecule has 1 aromatic rings. The lowest BCUT2D eigenvalue weighted by molar-refractivity contribution is 0.0964. The van der Waals surface area contributed by atoms with E-state index < -0.39 is 0 Å². The predicted molar refractivity (Wildman–Crippen MR) is 65.3 cm³/mol. The Labute approximate surface area is 101 Å². The Bertz CT molecular complexity index is 420. The lowest BCUT2D eigenvalue weighted by atomic mass is 9.90. The molecule has 1 aromatic heterocycles. The van der Waals surface area contributed by atoms with E-state index in [0.717, 1.165) is 18.1 Å². The monoisotopic (exact) mass is 237 g/mol. The molecule has 1 N–H and O–H groups in total. The molecule has 5 heteroatoms. The van der Waals surface area contributed by atoms with Gasteiger partial charge in [-0.2, -0.15) is 4.98 Å². The zero-order valence-electron chi connectivity index (χ0n) is 10.8. The molecule has 0 bridgehead atoms. The van der Waals surface area contributed by atoms with Crippen molar-refractivity contribution in [2.24, 2.45) is 5.41 Å². The van der Waals surface area contributed by atoms with E-state index in [-0.39, 0.29) is 11.5 Å². The van der Waals surface area contributed by atoms with Crippen LogP contribution in [0.3, 0.4) is 0 Å². The van der Waals surface area contributed by atoms with Gasteiger partial charge in [-0.05, 0) is 6.92 Å². The van der Waals surface area contributed by atoms with Crippen LogP contribution in [0.25, 0.3) is 0 Å². The summed E-state index contributed by atoms with van der Waals surface area (Å²) in [4.78, 5) is 10.5. The van der Waals surface area contributed by atoms with Crippen LogP contribution in [0.2, 0.25) is 0 Å². The number of ether oxygens (including phenoxy) is 1. The highest BCUT2D eigenvalue weighted by atomic mass is 16.5. The topological polar surface area (TPSA) is 58.5 Å². The number of hydrogen-bond acceptors (Lipinski definition) is 5. The third kappa shape index (κ3) is 2.34. The first-order chi connectivity index (χ1) is 7.92. The van der Waals surface area contributed by atoms with Gasteiger partial charge in [0.2, 0.25) is 0 Å². The Morgan fingerprint density at radius 2 is 2.18 bits per heavy atom. The first-order valence-electron chi connectivity index (χ1n) is 5.75. The van der Waals surface area contributed by atoms with Crippen molar-refractivity contribution in [2.75, 3.05) is 25.1 Å². The summed E-state index contributed by atoms with van der Waals surface area (Å²) in [5, 5.41) is 9.97. The first-order valence-corrected chi connectivity index (χ1v) is 5.75. The molecule has 1 aliphatic heterocycles. The number of aliphatic hydroxyl groups excluding tert-OH is 1. The number of aromatic nitrogens is 2. The van der Waals surface area contributed by atoms with Gasteiger partial charge in [-0.3, -0.25) is 0 Å². The van der Waals surface area contributed by atoms with E-state index in [0.29, 0.717) is 12.6 Å². The van der Waals surface area contributed by atoms with E-state index in [2.05, 4.69) is 28.7 Å². The van der Waals surface area contributed by atoms with E-state index in [1.54, 1.807) is 7.11 Å². The summed E-state index contributed by atoms with van der Waals surface area (Å²) in [6.07, 6.45) is -0.330. The summed E-state index contributed by atoms with van der Waals surface area (Å²) in [5.74, 6) is 0.818. The Morgan fingerprint density at radius 1 is 1.47 bits per heavy atom. The fourth-order valence-corrected chi connectivity index (χ4v) is 2.07. The minimum absolute atomic E-state index is 0.105. The zero-order valence-corrected chi connectivity index (χ0v) is 10.8. The second kappa shape index (κ2) is 4.14. The average Bonchev–Trinajstić information content (AvgIpc) is 2.53. The van der Waals surface area contributed by atoms with Crippen molar-refractivity contribution in [3.63, 3.8) is 0 Å². The Balaban J connectivity index is 2.27. The number of methoxy groups -OCH3 is 1. The molecule has 1 aliphatic rings. The molecular weight excluding hydrogens is 218 g/mol. The van der Waals surface area contributed by atoms with Crippen LogP contribution in [-0.2, 0) is 0 Å². The van der Waals surface area contributed by atoms with Gasteiger partial charge in [-0.25, -0.2) is 4.98 Å². The number of anilines is 1. The Hall–Kier alpha value is -1.36. The maximum absolute atomic E-state index is 9.97. The minimum Gasteiger partial charge on any atom is -0.467 e. The van der Waals surface area contributed by atoms with Crippen molar-refractivity contribution >= 4 is 5.82 Å². The molecule has 0 spiro atoms. The normalized spacial score (nSPS) is 22.9. The van der Waals surface area contributed by atoms with Crippen molar-refractivity contribution in [3.8, 4) is 6.01 Å². The van der Waals surface area contributed by atoms with Crippen LogP contribution in [0.4, 0.5) is 5.82 Å². The molecular formula is C12H19N3O2. The van der Waals surface area contributed by atoms with Gasteiger partial charge in [0.05, 0.1) is 13.2 Å². The van der Waals surface area contributed by atoms with E-state index >= 15 is 0 Å². The molecule has 1 saturated heterocycles. The van der Waals surface area contributed by atoms with Crippen LogP contribution >= 0.6 is 0 Å². The van der Waals surface area contributed by atoms with Gasteiger partial charge in [0.15, 0.2) is 0 Å². The quantitative estimate of drug-likeness (QED) is 0.831. The third-order valence-corrected chi connectivity index (χ3v) is 3.22. The van der Waals surface area contributed by atoms with Crippen LogP contribution < -0.4 is 9.64 Å². The van der Waals surface area contributed by atoms with Gasteiger partial charge in [-0.1, -0.05) is 13.8 Å².